The maximum absolute atomic E-state index is 13.1. The van der Waals surface area contributed by atoms with Crippen LogP contribution in [0.15, 0.2) is 34.7 Å². The zero-order chi connectivity index (χ0) is 18.2. The minimum absolute atomic E-state index is 0. The van der Waals surface area contributed by atoms with E-state index in [-0.39, 0.29) is 32.0 Å². The van der Waals surface area contributed by atoms with Gasteiger partial charge in [0.25, 0.3) is 0 Å². The number of rotatable bonds is 4. The number of carbonyl (C=O) groups is 1. The Morgan fingerprint density at radius 1 is 1.31 bits per heavy atom. The largest absolute Gasteiger partial charge is 0.481 e. The van der Waals surface area contributed by atoms with Crippen LogP contribution < -0.4 is 0 Å². The molecule has 2 heterocycles. The van der Waals surface area contributed by atoms with Crippen LogP contribution in [0.5, 0.6) is 0 Å². The Morgan fingerprint density at radius 3 is 2.50 bits per heavy atom. The molecular weight excluding hydrogens is 373 g/mol. The summed E-state index contributed by atoms with van der Waals surface area (Å²) in [7, 11) is 0. The van der Waals surface area contributed by atoms with Crippen LogP contribution >= 0.6 is 12.4 Å². The molecule has 0 spiro atoms. The van der Waals surface area contributed by atoms with E-state index in [0.29, 0.717) is 17.3 Å². The van der Waals surface area contributed by atoms with Crippen molar-refractivity contribution in [1.29, 1.82) is 0 Å². The van der Waals surface area contributed by atoms with Crippen molar-refractivity contribution in [2.24, 2.45) is 11.8 Å². The first-order valence-corrected chi connectivity index (χ1v) is 7.79. The second kappa shape index (κ2) is 7.67. The highest BCUT2D eigenvalue weighted by atomic mass is 35.5. The molecule has 2 atom stereocenters. The van der Waals surface area contributed by atoms with Crippen molar-refractivity contribution in [2.75, 3.05) is 13.1 Å². The topological polar surface area (TPSA) is 66.6 Å². The Bertz CT molecular complexity index is 764. The molecule has 2 aromatic rings. The van der Waals surface area contributed by atoms with Crippen molar-refractivity contribution in [3.63, 3.8) is 0 Å². The van der Waals surface area contributed by atoms with Crippen LogP contribution in [0.1, 0.15) is 11.5 Å². The number of hydrogen-bond donors (Lipinski definition) is 1. The van der Waals surface area contributed by atoms with Gasteiger partial charge >= 0.3 is 12.1 Å². The smallest absolute Gasteiger partial charge is 0.393 e. The van der Waals surface area contributed by atoms with Gasteiger partial charge in [-0.15, -0.1) is 12.4 Å². The number of carboxylic acids is 1. The van der Waals surface area contributed by atoms with E-state index >= 15 is 0 Å². The molecule has 0 bridgehead atoms. The zero-order valence-corrected chi connectivity index (χ0v) is 14.7. The average molecular weight is 391 g/mol. The summed E-state index contributed by atoms with van der Waals surface area (Å²) in [6.07, 6.45) is -4.54. The highest BCUT2D eigenvalue weighted by molar-refractivity contribution is 5.85. The van der Waals surface area contributed by atoms with Crippen molar-refractivity contribution < 1.29 is 27.5 Å². The van der Waals surface area contributed by atoms with Crippen molar-refractivity contribution in [1.82, 2.24) is 9.88 Å². The number of hydrogen-bond acceptors (Lipinski definition) is 4. The van der Waals surface area contributed by atoms with Gasteiger partial charge in [0.05, 0.1) is 17.5 Å². The van der Waals surface area contributed by atoms with Crippen LogP contribution in [0, 0.1) is 18.8 Å². The predicted molar refractivity (Wildman–Crippen MR) is 89.9 cm³/mol. The minimum Gasteiger partial charge on any atom is -0.481 e. The molecule has 5 nitrogen and oxygen atoms in total. The lowest BCUT2D eigenvalue weighted by Crippen LogP contribution is -2.33. The molecule has 1 aromatic heterocycles. The van der Waals surface area contributed by atoms with Crippen LogP contribution in [0.4, 0.5) is 13.2 Å². The maximum atomic E-state index is 13.1. The fourth-order valence-electron chi connectivity index (χ4n) is 3.09. The molecule has 26 heavy (non-hydrogen) atoms. The van der Waals surface area contributed by atoms with Crippen LogP contribution in [0.3, 0.4) is 0 Å². The second-order valence-electron chi connectivity index (χ2n) is 6.17. The van der Waals surface area contributed by atoms with E-state index in [1.807, 2.05) is 30.3 Å². The predicted octanol–water partition coefficient (Wildman–Crippen LogP) is 3.77. The molecule has 0 unspecified atom stereocenters. The molecule has 0 radical (unpaired) electrons. The van der Waals surface area contributed by atoms with Gasteiger partial charge in [0.15, 0.2) is 0 Å². The SMILES string of the molecule is Cc1oc(-c2ccccc2)nc1CN1C[C@@H](C(F)(F)F)[C@H](C(=O)O)C1.Cl. The van der Waals surface area contributed by atoms with Gasteiger partial charge in [-0.1, -0.05) is 18.2 Å². The third kappa shape index (κ3) is 4.19. The standard InChI is InChI=1S/C17H17F3N2O3.ClH/c1-10-14(21-15(25-10)11-5-3-2-4-6-11)9-22-7-12(16(23)24)13(8-22)17(18,19)20;/h2-6,12-13H,7-9H2,1H3,(H,23,24);1H/t12-,13-;/m1./s1. The first kappa shape index (κ1) is 20.3. The van der Waals surface area contributed by atoms with Crippen LogP contribution in [-0.4, -0.2) is 40.2 Å². The fourth-order valence-corrected chi connectivity index (χ4v) is 3.09. The summed E-state index contributed by atoms with van der Waals surface area (Å²) in [5.41, 5.74) is 1.29. The minimum atomic E-state index is -4.54. The zero-order valence-electron chi connectivity index (χ0n) is 13.9. The molecule has 3 rings (SSSR count). The van der Waals surface area contributed by atoms with E-state index in [1.165, 1.54) is 4.90 Å². The van der Waals surface area contributed by atoms with Gasteiger partial charge in [0, 0.05) is 25.2 Å². The van der Waals surface area contributed by atoms with E-state index in [9.17, 15) is 18.0 Å². The Hall–Kier alpha value is -2.06. The molecule has 1 aliphatic heterocycles. The molecular formula is C17H18ClF3N2O3. The van der Waals surface area contributed by atoms with Crippen LogP contribution in [0.2, 0.25) is 0 Å². The van der Waals surface area contributed by atoms with E-state index in [0.717, 1.165) is 5.56 Å². The number of likely N-dealkylation sites (tertiary alicyclic amines) is 1. The van der Waals surface area contributed by atoms with E-state index < -0.39 is 24.0 Å². The Balaban J connectivity index is 0.00000243. The Labute approximate surface area is 154 Å². The van der Waals surface area contributed by atoms with Crippen molar-refractivity contribution in [3.05, 3.63) is 41.8 Å². The molecule has 1 N–H and O–H groups in total. The van der Waals surface area contributed by atoms with Gasteiger partial charge in [0.1, 0.15) is 5.76 Å². The summed E-state index contributed by atoms with van der Waals surface area (Å²) in [5.74, 6) is -3.84. The third-order valence-electron chi connectivity index (χ3n) is 4.42. The average Bonchev–Trinajstić information content (AvgIpc) is 3.13. The number of nitrogens with zero attached hydrogens (tertiary/aromatic N) is 2. The Kier molecular flexibility index (Phi) is 5.98. The second-order valence-corrected chi connectivity index (χ2v) is 6.17. The Morgan fingerprint density at radius 2 is 1.96 bits per heavy atom. The fraction of sp³-hybridized carbons (Fsp3) is 0.412. The molecule has 1 aliphatic rings. The monoisotopic (exact) mass is 390 g/mol. The van der Waals surface area contributed by atoms with Crippen molar-refractivity contribution in [2.45, 2.75) is 19.6 Å². The first-order valence-electron chi connectivity index (χ1n) is 7.79. The number of halogens is 4. The van der Waals surface area contributed by atoms with Crippen molar-refractivity contribution in [3.8, 4) is 11.5 Å². The van der Waals surface area contributed by atoms with Gasteiger partial charge in [-0.25, -0.2) is 4.98 Å². The normalized spacial score (nSPS) is 20.8. The van der Waals surface area contributed by atoms with Crippen LogP contribution in [-0.2, 0) is 11.3 Å². The quantitative estimate of drug-likeness (QED) is 0.860. The van der Waals surface area contributed by atoms with Crippen molar-refractivity contribution >= 4 is 18.4 Å². The number of aryl methyl sites for hydroxylation is 1. The number of benzene rings is 1. The highest BCUT2D eigenvalue weighted by Crippen LogP contribution is 2.38. The summed E-state index contributed by atoms with van der Waals surface area (Å²) in [4.78, 5) is 17.0. The summed E-state index contributed by atoms with van der Waals surface area (Å²) in [6.45, 7) is 1.30. The lowest BCUT2D eigenvalue weighted by molar-refractivity contribution is -0.188. The highest BCUT2D eigenvalue weighted by Gasteiger charge is 2.52. The molecule has 0 amide bonds. The van der Waals surface area contributed by atoms with Gasteiger partial charge in [-0.3, -0.25) is 9.69 Å². The third-order valence-corrected chi connectivity index (χ3v) is 4.42. The van der Waals surface area contributed by atoms with E-state index in [2.05, 4.69) is 4.98 Å². The molecule has 1 fully saturated rings. The first-order chi connectivity index (χ1) is 11.8. The maximum Gasteiger partial charge on any atom is 0.393 e. The number of oxazole rings is 1. The lowest BCUT2D eigenvalue weighted by atomic mass is 9.96. The van der Waals surface area contributed by atoms with Gasteiger partial charge in [0.2, 0.25) is 5.89 Å². The van der Waals surface area contributed by atoms with Gasteiger partial charge in [-0.2, -0.15) is 13.2 Å². The molecule has 0 saturated carbocycles. The van der Waals surface area contributed by atoms with Gasteiger partial charge in [-0.05, 0) is 19.1 Å². The molecule has 1 aromatic carbocycles. The molecule has 142 valence electrons. The van der Waals surface area contributed by atoms with Gasteiger partial charge < -0.3 is 9.52 Å². The van der Waals surface area contributed by atoms with Crippen LogP contribution in [0.25, 0.3) is 11.5 Å². The molecule has 1 saturated heterocycles. The number of alkyl halides is 3. The molecule has 0 aliphatic carbocycles. The summed E-state index contributed by atoms with van der Waals surface area (Å²) in [6, 6.07) is 9.17. The molecule has 9 heteroatoms. The summed E-state index contributed by atoms with van der Waals surface area (Å²) < 4.78 is 44.8. The van der Waals surface area contributed by atoms with E-state index in [1.54, 1.807) is 6.92 Å². The number of aliphatic carboxylic acids is 1. The number of carboxylic acid groups (broad SMARTS) is 1. The lowest BCUT2D eigenvalue weighted by Gasteiger charge is -2.18. The summed E-state index contributed by atoms with van der Waals surface area (Å²) in [5, 5.41) is 9.08. The number of aromatic nitrogens is 1. The summed E-state index contributed by atoms with van der Waals surface area (Å²) >= 11 is 0. The van der Waals surface area contributed by atoms with E-state index in [4.69, 9.17) is 9.52 Å².